The molecule has 0 aliphatic rings. The maximum Gasteiger partial charge on any atom is 0.359 e. The van der Waals surface area contributed by atoms with Crippen molar-refractivity contribution >= 4 is 28.5 Å². The van der Waals surface area contributed by atoms with Crippen LogP contribution < -0.4 is 0 Å². The van der Waals surface area contributed by atoms with Gasteiger partial charge in [-0.25, -0.2) is 4.79 Å². The molecule has 1 aromatic carbocycles. The molecule has 0 bridgehead atoms. The van der Waals surface area contributed by atoms with Gasteiger partial charge in [0, 0.05) is 7.05 Å². The van der Waals surface area contributed by atoms with Crippen LogP contribution in [0.3, 0.4) is 0 Å². The van der Waals surface area contributed by atoms with Crippen molar-refractivity contribution in [1.82, 2.24) is 9.78 Å². The number of hydrogen-bond donors (Lipinski definition) is 0. The first kappa shape index (κ1) is 11.0. The lowest BCUT2D eigenvalue weighted by Crippen LogP contribution is -2.06. The molecule has 84 valence electrons. The number of ether oxygens (including phenoxy) is 1. The molecule has 2 rings (SSSR count). The summed E-state index contributed by atoms with van der Waals surface area (Å²) in [7, 11) is 1.77. The average molecular weight is 239 g/mol. The SMILES string of the molecule is CCOC(=O)c1nn(C)c2cccc(Cl)c12. The number of aromatic nitrogens is 2. The fraction of sp³-hybridized carbons (Fsp3) is 0.273. The van der Waals surface area contributed by atoms with Crippen molar-refractivity contribution in [2.24, 2.45) is 7.05 Å². The largest absolute Gasteiger partial charge is 0.461 e. The van der Waals surface area contributed by atoms with Gasteiger partial charge in [0.05, 0.1) is 22.5 Å². The molecule has 0 aliphatic carbocycles. The number of carbonyl (C=O) groups is 1. The van der Waals surface area contributed by atoms with Gasteiger partial charge >= 0.3 is 5.97 Å². The molecule has 1 heterocycles. The van der Waals surface area contributed by atoms with Crippen LogP contribution in [0.25, 0.3) is 10.9 Å². The minimum Gasteiger partial charge on any atom is -0.461 e. The minimum atomic E-state index is -0.443. The van der Waals surface area contributed by atoms with Gasteiger partial charge in [0.25, 0.3) is 0 Å². The van der Waals surface area contributed by atoms with E-state index < -0.39 is 5.97 Å². The summed E-state index contributed by atoms with van der Waals surface area (Å²) in [6.07, 6.45) is 0. The number of benzene rings is 1. The van der Waals surface area contributed by atoms with E-state index in [1.165, 1.54) is 0 Å². The first-order chi connectivity index (χ1) is 7.65. The molecule has 0 saturated carbocycles. The zero-order chi connectivity index (χ0) is 11.7. The van der Waals surface area contributed by atoms with Crippen LogP contribution in [0.15, 0.2) is 18.2 Å². The fourth-order valence-electron chi connectivity index (χ4n) is 1.61. The monoisotopic (exact) mass is 238 g/mol. The van der Waals surface area contributed by atoms with E-state index in [0.717, 1.165) is 5.52 Å². The molecular weight excluding hydrogens is 228 g/mol. The fourth-order valence-corrected chi connectivity index (χ4v) is 1.87. The van der Waals surface area contributed by atoms with Gasteiger partial charge < -0.3 is 4.74 Å². The van der Waals surface area contributed by atoms with Gasteiger partial charge in [-0.1, -0.05) is 17.7 Å². The van der Waals surface area contributed by atoms with E-state index in [1.807, 2.05) is 12.1 Å². The van der Waals surface area contributed by atoms with E-state index in [4.69, 9.17) is 16.3 Å². The highest BCUT2D eigenvalue weighted by Crippen LogP contribution is 2.26. The Morgan fingerprint density at radius 3 is 3.00 bits per heavy atom. The summed E-state index contributed by atoms with van der Waals surface area (Å²) in [5.74, 6) is -0.443. The van der Waals surface area contributed by atoms with Crippen LogP contribution in [-0.2, 0) is 11.8 Å². The molecule has 2 aromatic rings. The molecule has 5 heteroatoms. The van der Waals surface area contributed by atoms with E-state index in [2.05, 4.69) is 5.10 Å². The Morgan fingerprint density at radius 2 is 2.31 bits per heavy atom. The third-order valence-corrected chi connectivity index (χ3v) is 2.61. The molecule has 0 fully saturated rings. The Bertz CT molecular complexity index is 548. The lowest BCUT2D eigenvalue weighted by molar-refractivity contribution is 0.0521. The number of aryl methyl sites for hydroxylation is 1. The molecule has 0 N–H and O–H groups in total. The third-order valence-electron chi connectivity index (χ3n) is 2.30. The molecule has 1 aromatic heterocycles. The highest BCUT2D eigenvalue weighted by Gasteiger charge is 2.18. The van der Waals surface area contributed by atoms with Gasteiger partial charge in [-0.05, 0) is 19.1 Å². The van der Waals surface area contributed by atoms with E-state index in [-0.39, 0.29) is 5.69 Å². The van der Waals surface area contributed by atoms with Crippen molar-refractivity contribution in [3.05, 3.63) is 28.9 Å². The topological polar surface area (TPSA) is 44.1 Å². The number of halogens is 1. The molecule has 0 amide bonds. The van der Waals surface area contributed by atoms with Crippen LogP contribution in [0, 0.1) is 0 Å². The number of rotatable bonds is 2. The second-order valence-electron chi connectivity index (χ2n) is 3.33. The van der Waals surface area contributed by atoms with Gasteiger partial charge in [-0.15, -0.1) is 0 Å². The van der Waals surface area contributed by atoms with E-state index in [0.29, 0.717) is 17.0 Å². The van der Waals surface area contributed by atoms with Crippen LogP contribution in [0.2, 0.25) is 5.02 Å². The highest BCUT2D eigenvalue weighted by molar-refractivity contribution is 6.36. The van der Waals surface area contributed by atoms with Crippen molar-refractivity contribution in [1.29, 1.82) is 0 Å². The van der Waals surface area contributed by atoms with Crippen molar-refractivity contribution in [3.63, 3.8) is 0 Å². The predicted octanol–water partition coefficient (Wildman–Crippen LogP) is 2.40. The lowest BCUT2D eigenvalue weighted by Gasteiger charge is -1.98. The Labute approximate surface area is 97.8 Å². The highest BCUT2D eigenvalue weighted by atomic mass is 35.5. The molecule has 0 spiro atoms. The molecule has 0 unspecified atom stereocenters. The number of carbonyl (C=O) groups excluding carboxylic acids is 1. The number of hydrogen-bond acceptors (Lipinski definition) is 3. The summed E-state index contributed by atoms with van der Waals surface area (Å²) in [4.78, 5) is 11.7. The van der Waals surface area contributed by atoms with E-state index >= 15 is 0 Å². The van der Waals surface area contributed by atoms with Gasteiger partial charge in [-0.2, -0.15) is 5.10 Å². The molecule has 16 heavy (non-hydrogen) atoms. The molecule has 4 nitrogen and oxygen atoms in total. The van der Waals surface area contributed by atoms with Gasteiger partial charge in [0.15, 0.2) is 5.69 Å². The summed E-state index contributed by atoms with van der Waals surface area (Å²) in [6, 6.07) is 5.41. The smallest absolute Gasteiger partial charge is 0.359 e. The Kier molecular flexibility index (Phi) is 2.83. The van der Waals surface area contributed by atoms with Crippen LogP contribution in [0.1, 0.15) is 17.4 Å². The van der Waals surface area contributed by atoms with Gasteiger partial charge in [0.2, 0.25) is 0 Å². The Balaban J connectivity index is 2.66. The van der Waals surface area contributed by atoms with Crippen molar-refractivity contribution in [2.45, 2.75) is 6.92 Å². The number of fused-ring (bicyclic) bond motifs is 1. The average Bonchev–Trinajstić information content (AvgIpc) is 2.58. The standard InChI is InChI=1S/C11H11ClN2O2/c1-3-16-11(15)10-9-7(12)5-4-6-8(9)14(2)13-10/h4-6H,3H2,1-2H3. The second kappa shape index (κ2) is 4.14. The maximum atomic E-state index is 11.7. The van der Waals surface area contributed by atoms with Crippen molar-refractivity contribution < 1.29 is 9.53 Å². The minimum absolute atomic E-state index is 0.268. The van der Waals surface area contributed by atoms with Crippen LogP contribution in [0.5, 0.6) is 0 Å². The van der Waals surface area contributed by atoms with Crippen LogP contribution in [-0.4, -0.2) is 22.4 Å². The molecule has 0 atom stereocenters. The van der Waals surface area contributed by atoms with Crippen LogP contribution in [0.4, 0.5) is 0 Å². The van der Waals surface area contributed by atoms with E-state index in [1.54, 1.807) is 24.7 Å². The van der Waals surface area contributed by atoms with Crippen LogP contribution >= 0.6 is 11.6 Å². The van der Waals surface area contributed by atoms with Crippen molar-refractivity contribution in [3.8, 4) is 0 Å². The zero-order valence-electron chi connectivity index (χ0n) is 9.03. The first-order valence-corrected chi connectivity index (χ1v) is 5.31. The first-order valence-electron chi connectivity index (χ1n) is 4.93. The summed E-state index contributed by atoms with van der Waals surface area (Å²) in [5.41, 5.74) is 1.08. The predicted molar refractivity (Wildman–Crippen MR) is 61.7 cm³/mol. The van der Waals surface area contributed by atoms with Crippen molar-refractivity contribution in [2.75, 3.05) is 6.61 Å². The summed E-state index contributed by atoms with van der Waals surface area (Å²) in [6.45, 7) is 2.08. The third kappa shape index (κ3) is 1.65. The second-order valence-corrected chi connectivity index (χ2v) is 3.73. The zero-order valence-corrected chi connectivity index (χ0v) is 9.78. The Morgan fingerprint density at radius 1 is 1.56 bits per heavy atom. The van der Waals surface area contributed by atoms with Gasteiger partial charge in [-0.3, -0.25) is 4.68 Å². The normalized spacial score (nSPS) is 10.7. The molecule has 0 radical (unpaired) electrons. The Hall–Kier alpha value is -1.55. The summed E-state index contributed by atoms with van der Waals surface area (Å²) < 4.78 is 6.55. The lowest BCUT2D eigenvalue weighted by atomic mass is 10.2. The number of nitrogens with zero attached hydrogens (tertiary/aromatic N) is 2. The maximum absolute atomic E-state index is 11.7. The molecular formula is C11H11ClN2O2. The number of esters is 1. The molecule has 0 saturated heterocycles. The van der Waals surface area contributed by atoms with Gasteiger partial charge in [0.1, 0.15) is 0 Å². The summed E-state index contributed by atoms with van der Waals surface area (Å²) >= 11 is 6.06. The summed E-state index contributed by atoms with van der Waals surface area (Å²) in [5, 5.41) is 5.28. The quantitative estimate of drug-likeness (QED) is 0.755. The van der Waals surface area contributed by atoms with E-state index in [9.17, 15) is 4.79 Å². The molecule has 0 aliphatic heterocycles.